The number of para-hydroxylation sites is 1. The van der Waals surface area contributed by atoms with Gasteiger partial charge in [0.2, 0.25) is 5.91 Å². The van der Waals surface area contributed by atoms with Gasteiger partial charge in [-0.25, -0.2) is 0 Å². The molecule has 1 amide bonds. The van der Waals surface area contributed by atoms with E-state index in [0.717, 1.165) is 0 Å². The monoisotopic (exact) mass is 199 g/mol. The SMILES string of the molecule is CC(C#N)C(=O)Nc1ccccc1C#N. The summed E-state index contributed by atoms with van der Waals surface area (Å²) in [4.78, 5) is 11.4. The molecule has 1 rings (SSSR count). The Labute approximate surface area is 87.8 Å². The average Bonchev–Trinajstić information content (AvgIpc) is 2.28. The molecule has 1 unspecified atom stereocenters. The van der Waals surface area contributed by atoms with Gasteiger partial charge in [0.25, 0.3) is 0 Å². The summed E-state index contributed by atoms with van der Waals surface area (Å²) < 4.78 is 0. The van der Waals surface area contributed by atoms with Crippen molar-refractivity contribution in [2.24, 2.45) is 5.92 Å². The molecule has 0 saturated carbocycles. The molecule has 0 aliphatic carbocycles. The van der Waals surface area contributed by atoms with Crippen LogP contribution in [0.15, 0.2) is 24.3 Å². The summed E-state index contributed by atoms with van der Waals surface area (Å²) in [5.74, 6) is -1.13. The second kappa shape index (κ2) is 4.78. The van der Waals surface area contributed by atoms with Crippen molar-refractivity contribution in [1.82, 2.24) is 0 Å². The molecule has 1 atom stereocenters. The van der Waals surface area contributed by atoms with Crippen molar-refractivity contribution in [3.63, 3.8) is 0 Å². The zero-order valence-corrected chi connectivity index (χ0v) is 8.19. The van der Waals surface area contributed by atoms with Crippen molar-refractivity contribution < 1.29 is 4.79 Å². The first-order valence-corrected chi connectivity index (χ1v) is 4.38. The molecule has 0 heterocycles. The summed E-state index contributed by atoms with van der Waals surface area (Å²) in [6.45, 7) is 1.50. The number of nitriles is 2. The zero-order chi connectivity index (χ0) is 11.3. The second-order valence-electron chi connectivity index (χ2n) is 3.00. The van der Waals surface area contributed by atoms with E-state index in [-0.39, 0.29) is 0 Å². The predicted octanol–water partition coefficient (Wildman–Crippen LogP) is 1.66. The third kappa shape index (κ3) is 2.55. The maximum absolute atomic E-state index is 11.4. The summed E-state index contributed by atoms with van der Waals surface area (Å²) >= 11 is 0. The van der Waals surface area contributed by atoms with E-state index in [1.807, 2.05) is 12.1 Å². The van der Waals surface area contributed by atoms with Gasteiger partial charge in [0.05, 0.1) is 17.3 Å². The van der Waals surface area contributed by atoms with Gasteiger partial charge in [-0.2, -0.15) is 10.5 Å². The fourth-order valence-corrected chi connectivity index (χ4v) is 0.989. The standard InChI is InChI=1S/C11H9N3O/c1-8(6-12)11(15)14-10-5-3-2-4-9(10)7-13/h2-5,8H,1H3,(H,14,15). The molecule has 0 fully saturated rings. The minimum Gasteiger partial charge on any atom is -0.324 e. The molecule has 1 aromatic rings. The number of carbonyl (C=O) groups is 1. The van der Waals surface area contributed by atoms with Crippen LogP contribution in [0.2, 0.25) is 0 Å². The third-order valence-electron chi connectivity index (χ3n) is 1.89. The van der Waals surface area contributed by atoms with Gasteiger partial charge in [0.1, 0.15) is 12.0 Å². The zero-order valence-electron chi connectivity index (χ0n) is 8.19. The van der Waals surface area contributed by atoms with Crippen LogP contribution in [-0.4, -0.2) is 5.91 Å². The summed E-state index contributed by atoms with van der Waals surface area (Å²) in [7, 11) is 0. The van der Waals surface area contributed by atoms with Crippen LogP contribution in [0.25, 0.3) is 0 Å². The largest absolute Gasteiger partial charge is 0.324 e. The third-order valence-corrected chi connectivity index (χ3v) is 1.89. The highest BCUT2D eigenvalue weighted by Gasteiger charge is 2.12. The molecule has 0 bridgehead atoms. The Bertz CT molecular complexity index is 454. The average molecular weight is 199 g/mol. The van der Waals surface area contributed by atoms with Crippen LogP contribution in [0, 0.1) is 28.6 Å². The topological polar surface area (TPSA) is 76.7 Å². The van der Waals surface area contributed by atoms with Gasteiger partial charge in [-0.3, -0.25) is 4.79 Å². The lowest BCUT2D eigenvalue weighted by molar-refractivity contribution is -0.117. The minimum absolute atomic E-state index is 0.385. The summed E-state index contributed by atoms with van der Waals surface area (Å²) in [5.41, 5.74) is 0.822. The smallest absolute Gasteiger partial charge is 0.241 e. The summed E-state index contributed by atoms with van der Waals surface area (Å²) in [6, 6.07) is 10.4. The Balaban J connectivity index is 2.87. The Morgan fingerprint density at radius 3 is 2.67 bits per heavy atom. The molecule has 4 nitrogen and oxygen atoms in total. The van der Waals surface area contributed by atoms with E-state index in [9.17, 15) is 4.79 Å². The number of carbonyl (C=O) groups excluding carboxylic acids is 1. The normalized spacial score (nSPS) is 10.9. The molecule has 1 aromatic carbocycles. The van der Waals surface area contributed by atoms with Crippen molar-refractivity contribution in [3.05, 3.63) is 29.8 Å². The van der Waals surface area contributed by atoms with E-state index in [2.05, 4.69) is 5.32 Å². The number of nitrogens with zero attached hydrogens (tertiary/aromatic N) is 2. The molecule has 0 aliphatic rings. The van der Waals surface area contributed by atoms with Crippen LogP contribution in [0.4, 0.5) is 5.69 Å². The Kier molecular flexibility index (Phi) is 3.43. The van der Waals surface area contributed by atoms with E-state index < -0.39 is 11.8 Å². The van der Waals surface area contributed by atoms with Crippen molar-refractivity contribution >= 4 is 11.6 Å². The van der Waals surface area contributed by atoms with Crippen LogP contribution in [-0.2, 0) is 4.79 Å². The molecule has 15 heavy (non-hydrogen) atoms. The number of anilines is 1. The lowest BCUT2D eigenvalue weighted by Crippen LogP contribution is -2.19. The van der Waals surface area contributed by atoms with E-state index in [1.165, 1.54) is 6.92 Å². The van der Waals surface area contributed by atoms with Crippen molar-refractivity contribution in [2.75, 3.05) is 5.32 Å². The van der Waals surface area contributed by atoms with E-state index in [1.54, 1.807) is 24.3 Å². The van der Waals surface area contributed by atoms with Gasteiger partial charge in [0.15, 0.2) is 0 Å². The molecule has 4 heteroatoms. The molecule has 0 radical (unpaired) electrons. The number of benzene rings is 1. The quantitative estimate of drug-likeness (QED) is 0.786. The lowest BCUT2D eigenvalue weighted by atomic mass is 10.1. The molecule has 0 aromatic heterocycles. The number of rotatable bonds is 2. The first-order valence-electron chi connectivity index (χ1n) is 4.38. The molecule has 0 spiro atoms. The Hall–Kier alpha value is -2.33. The summed E-state index contributed by atoms with van der Waals surface area (Å²) in [6.07, 6.45) is 0. The number of nitrogens with one attached hydrogen (secondary N) is 1. The molecule has 1 N–H and O–H groups in total. The van der Waals surface area contributed by atoms with Crippen molar-refractivity contribution in [3.8, 4) is 12.1 Å². The van der Waals surface area contributed by atoms with E-state index in [0.29, 0.717) is 11.3 Å². The number of amides is 1. The molecule has 0 aliphatic heterocycles. The molecule has 74 valence electrons. The van der Waals surface area contributed by atoms with Crippen LogP contribution in [0.3, 0.4) is 0 Å². The fourth-order valence-electron chi connectivity index (χ4n) is 0.989. The van der Waals surface area contributed by atoms with Gasteiger partial charge in [-0.15, -0.1) is 0 Å². The molecule has 0 saturated heterocycles. The number of hydrogen-bond acceptors (Lipinski definition) is 3. The van der Waals surface area contributed by atoms with Crippen LogP contribution >= 0.6 is 0 Å². The lowest BCUT2D eigenvalue weighted by Gasteiger charge is -2.07. The van der Waals surface area contributed by atoms with Crippen molar-refractivity contribution in [1.29, 1.82) is 10.5 Å². The Morgan fingerprint density at radius 1 is 1.40 bits per heavy atom. The predicted molar refractivity (Wildman–Crippen MR) is 54.6 cm³/mol. The maximum Gasteiger partial charge on any atom is 0.241 e. The highest BCUT2D eigenvalue weighted by molar-refractivity contribution is 5.94. The fraction of sp³-hybridized carbons (Fsp3) is 0.182. The number of hydrogen-bond donors (Lipinski definition) is 1. The van der Waals surface area contributed by atoms with Crippen LogP contribution < -0.4 is 5.32 Å². The van der Waals surface area contributed by atoms with Gasteiger partial charge in [-0.05, 0) is 19.1 Å². The van der Waals surface area contributed by atoms with Crippen LogP contribution in [0.5, 0.6) is 0 Å². The maximum atomic E-state index is 11.4. The van der Waals surface area contributed by atoms with Gasteiger partial charge in [0, 0.05) is 0 Å². The summed E-state index contributed by atoms with van der Waals surface area (Å²) in [5, 5.41) is 19.8. The minimum atomic E-state index is -0.725. The van der Waals surface area contributed by atoms with Gasteiger partial charge in [-0.1, -0.05) is 12.1 Å². The first-order chi connectivity index (χ1) is 7.19. The molecular formula is C11H9N3O. The second-order valence-corrected chi connectivity index (χ2v) is 3.00. The Morgan fingerprint density at radius 2 is 2.07 bits per heavy atom. The molecular weight excluding hydrogens is 190 g/mol. The van der Waals surface area contributed by atoms with Gasteiger partial charge < -0.3 is 5.32 Å². The van der Waals surface area contributed by atoms with E-state index in [4.69, 9.17) is 10.5 Å². The highest BCUT2D eigenvalue weighted by atomic mass is 16.1. The van der Waals surface area contributed by atoms with E-state index >= 15 is 0 Å². The first kappa shape index (κ1) is 10.7. The van der Waals surface area contributed by atoms with Gasteiger partial charge >= 0.3 is 0 Å². The highest BCUT2D eigenvalue weighted by Crippen LogP contribution is 2.14. The van der Waals surface area contributed by atoms with Crippen LogP contribution in [0.1, 0.15) is 12.5 Å². The van der Waals surface area contributed by atoms with Crippen molar-refractivity contribution in [2.45, 2.75) is 6.92 Å².